The van der Waals surface area contributed by atoms with Crippen molar-refractivity contribution in [3.63, 3.8) is 0 Å². The minimum atomic E-state index is -0.0325. The average molecular weight is 364 g/mol. The Morgan fingerprint density at radius 2 is 2.08 bits per heavy atom. The zero-order chi connectivity index (χ0) is 18.6. The smallest absolute Gasteiger partial charge is 0.317 e. The second-order valence-corrected chi connectivity index (χ2v) is 7.89. The van der Waals surface area contributed by atoms with Gasteiger partial charge in [0.25, 0.3) is 0 Å². The Bertz CT molecular complexity index is 569. The zero-order valence-electron chi connectivity index (χ0n) is 16.0. The van der Waals surface area contributed by atoms with E-state index in [9.17, 15) is 9.90 Å². The van der Waals surface area contributed by atoms with Crippen molar-refractivity contribution >= 4 is 6.03 Å². The normalized spacial score (nSPS) is 22.5. The number of likely N-dealkylation sites (tertiary alicyclic amines) is 1. The summed E-state index contributed by atoms with van der Waals surface area (Å²) in [6.45, 7) is 5.09. The van der Waals surface area contributed by atoms with Gasteiger partial charge in [-0.25, -0.2) is 4.79 Å². The quantitative estimate of drug-likeness (QED) is 0.811. The molecule has 2 fully saturated rings. The van der Waals surface area contributed by atoms with E-state index >= 15 is 0 Å². The van der Waals surface area contributed by atoms with E-state index in [4.69, 9.17) is 4.42 Å². The van der Waals surface area contributed by atoms with Crippen molar-refractivity contribution in [2.75, 3.05) is 60.0 Å². The Balaban J connectivity index is 1.52. The Kier molecular flexibility index (Phi) is 6.21. The Morgan fingerprint density at radius 3 is 2.73 bits per heavy atom. The molecule has 0 radical (unpaired) electrons. The van der Waals surface area contributed by atoms with Crippen LogP contribution in [0.5, 0.6) is 0 Å². The van der Waals surface area contributed by atoms with Crippen molar-refractivity contribution in [1.29, 1.82) is 0 Å². The third-order valence-corrected chi connectivity index (χ3v) is 6.08. The van der Waals surface area contributed by atoms with Gasteiger partial charge in [-0.15, -0.1) is 0 Å². The number of likely N-dealkylation sites (N-methyl/N-ethyl adjacent to an activating group) is 1. The summed E-state index contributed by atoms with van der Waals surface area (Å²) >= 11 is 0. The number of amides is 2. The number of aliphatic hydroxyl groups excluding tert-OH is 1. The fourth-order valence-corrected chi connectivity index (χ4v) is 4.07. The fraction of sp³-hybridized carbons (Fsp3) is 0.737. The molecule has 0 bridgehead atoms. The number of rotatable bonds is 5. The lowest BCUT2D eigenvalue weighted by Gasteiger charge is -2.52. The van der Waals surface area contributed by atoms with Gasteiger partial charge in [-0.3, -0.25) is 4.90 Å². The lowest BCUT2D eigenvalue weighted by molar-refractivity contribution is -0.00978. The summed E-state index contributed by atoms with van der Waals surface area (Å²) in [5.74, 6) is 0.804. The second kappa shape index (κ2) is 8.41. The number of hydrogen-bond acceptors (Lipinski definition) is 5. The van der Waals surface area contributed by atoms with Gasteiger partial charge in [-0.2, -0.15) is 0 Å². The van der Waals surface area contributed by atoms with Crippen LogP contribution in [0.1, 0.15) is 18.6 Å². The molecule has 2 saturated heterocycles. The van der Waals surface area contributed by atoms with E-state index in [2.05, 4.69) is 29.2 Å². The molecular weight excluding hydrogens is 332 g/mol. The van der Waals surface area contributed by atoms with Crippen molar-refractivity contribution in [2.24, 2.45) is 5.92 Å². The van der Waals surface area contributed by atoms with Crippen LogP contribution >= 0.6 is 0 Å². The van der Waals surface area contributed by atoms with Crippen molar-refractivity contribution in [1.82, 2.24) is 20.0 Å². The molecule has 1 aromatic heterocycles. The van der Waals surface area contributed by atoms with E-state index < -0.39 is 0 Å². The maximum atomic E-state index is 12.7. The number of piperazine rings is 1. The molecule has 1 unspecified atom stereocenters. The molecule has 0 aromatic carbocycles. The Hall–Kier alpha value is -1.57. The summed E-state index contributed by atoms with van der Waals surface area (Å²) in [4.78, 5) is 19.5. The SMILES string of the molecule is CN1CCC2(CC1)CN(C(=O)NCC(CO)Cc1ccco1)CCN2C. The van der Waals surface area contributed by atoms with Crippen LogP contribution in [0.3, 0.4) is 0 Å². The van der Waals surface area contributed by atoms with Crippen LogP contribution in [0.4, 0.5) is 4.79 Å². The van der Waals surface area contributed by atoms with Crippen molar-refractivity contribution in [3.8, 4) is 0 Å². The highest BCUT2D eigenvalue weighted by atomic mass is 16.3. The first-order valence-electron chi connectivity index (χ1n) is 9.58. The van der Waals surface area contributed by atoms with Gasteiger partial charge < -0.3 is 24.6 Å². The lowest BCUT2D eigenvalue weighted by Crippen LogP contribution is -2.66. The number of hydrogen-bond donors (Lipinski definition) is 2. The van der Waals surface area contributed by atoms with Crippen LogP contribution in [0.15, 0.2) is 22.8 Å². The molecule has 3 heterocycles. The van der Waals surface area contributed by atoms with Gasteiger partial charge >= 0.3 is 6.03 Å². The van der Waals surface area contributed by atoms with Gasteiger partial charge in [-0.1, -0.05) is 0 Å². The number of furan rings is 1. The Morgan fingerprint density at radius 1 is 1.31 bits per heavy atom. The van der Waals surface area contributed by atoms with Crippen LogP contribution < -0.4 is 5.32 Å². The number of nitrogens with one attached hydrogen (secondary N) is 1. The van der Waals surface area contributed by atoms with E-state index in [1.165, 1.54) is 0 Å². The Labute approximate surface area is 155 Å². The summed E-state index contributed by atoms with van der Waals surface area (Å²) in [5, 5.41) is 12.6. The molecule has 2 amide bonds. The van der Waals surface area contributed by atoms with Gasteiger partial charge in [0.1, 0.15) is 5.76 Å². The van der Waals surface area contributed by atoms with E-state index in [1.54, 1.807) is 6.26 Å². The van der Waals surface area contributed by atoms with Crippen LogP contribution in [-0.4, -0.2) is 91.3 Å². The average Bonchev–Trinajstić information content (AvgIpc) is 3.16. The van der Waals surface area contributed by atoms with E-state index in [0.717, 1.165) is 51.3 Å². The van der Waals surface area contributed by atoms with Gasteiger partial charge in [-0.05, 0) is 52.2 Å². The maximum Gasteiger partial charge on any atom is 0.317 e. The highest BCUT2D eigenvalue weighted by Crippen LogP contribution is 2.31. The minimum Gasteiger partial charge on any atom is -0.469 e. The lowest BCUT2D eigenvalue weighted by atomic mass is 9.84. The van der Waals surface area contributed by atoms with Crippen molar-refractivity contribution in [2.45, 2.75) is 24.8 Å². The topological polar surface area (TPSA) is 72.2 Å². The van der Waals surface area contributed by atoms with E-state index in [1.807, 2.05) is 17.0 Å². The molecule has 7 nitrogen and oxygen atoms in total. The molecule has 0 aliphatic carbocycles. The number of carbonyl (C=O) groups is 1. The number of aliphatic hydroxyl groups is 1. The van der Waals surface area contributed by atoms with Crippen LogP contribution in [-0.2, 0) is 6.42 Å². The molecule has 146 valence electrons. The number of carbonyl (C=O) groups excluding carboxylic acids is 1. The second-order valence-electron chi connectivity index (χ2n) is 7.89. The molecule has 1 aromatic rings. The van der Waals surface area contributed by atoms with Crippen molar-refractivity contribution < 1.29 is 14.3 Å². The van der Waals surface area contributed by atoms with Crippen LogP contribution in [0.2, 0.25) is 0 Å². The molecular formula is C19H32N4O3. The molecule has 2 aliphatic rings. The summed E-state index contributed by atoms with van der Waals surface area (Å²) < 4.78 is 5.34. The zero-order valence-corrected chi connectivity index (χ0v) is 16.0. The number of nitrogens with zero attached hydrogens (tertiary/aromatic N) is 3. The summed E-state index contributed by atoms with van der Waals surface area (Å²) in [6.07, 6.45) is 4.46. The van der Waals surface area contributed by atoms with Gasteiger partial charge in [0.15, 0.2) is 0 Å². The molecule has 3 rings (SSSR count). The highest BCUT2D eigenvalue weighted by Gasteiger charge is 2.42. The fourth-order valence-electron chi connectivity index (χ4n) is 4.07. The first-order chi connectivity index (χ1) is 12.5. The van der Waals surface area contributed by atoms with Gasteiger partial charge in [0.05, 0.1) is 6.26 Å². The third kappa shape index (κ3) is 4.39. The third-order valence-electron chi connectivity index (χ3n) is 6.08. The molecule has 1 spiro atoms. The largest absolute Gasteiger partial charge is 0.469 e. The van der Waals surface area contributed by atoms with E-state index in [-0.39, 0.29) is 24.1 Å². The first kappa shape index (κ1) is 19.2. The molecule has 0 saturated carbocycles. The number of piperidine rings is 1. The maximum absolute atomic E-state index is 12.7. The monoisotopic (exact) mass is 364 g/mol. The summed E-state index contributed by atoms with van der Waals surface area (Å²) in [5.41, 5.74) is 0.104. The predicted molar refractivity (Wildman–Crippen MR) is 100 cm³/mol. The molecule has 2 N–H and O–H groups in total. The highest BCUT2D eigenvalue weighted by molar-refractivity contribution is 5.74. The standard InChI is InChI=1S/C19H32N4O3/c1-21-7-5-19(6-8-21)15-23(10-9-22(19)2)18(25)20-13-16(14-24)12-17-4-3-11-26-17/h3-4,11,16,24H,5-10,12-15H2,1-2H3,(H,20,25). The molecule has 26 heavy (non-hydrogen) atoms. The molecule has 7 heteroatoms. The van der Waals surface area contributed by atoms with Gasteiger partial charge in [0.2, 0.25) is 0 Å². The summed E-state index contributed by atoms with van der Waals surface area (Å²) in [6, 6.07) is 3.72. The molecule has 1 atom stereocenters. The molecule has 2 aliphatic heterocycles. The van der Waals surface area contributed by atoms with Crippen LogP contribution in [0, 0.1) is 5.92 Å². The first-order valence-corrected chi connectivity index (χ1v) is 9.58. The summed E-state index contributed by atoms with van der Waals surface area (Å²) in [7, 11) is 4.35. The van der Waals surface area contributed by atoms with Crippen LogP contribution in [0.25, 0.3) is 0 Å². The minimum absolute atomic E-state index is 0.0192. The number of urea groups is 1. The van der Waals surface area contributed by atoms with Gasteiger partial charge in [0, 0.05) is 50.7 Å². The van der Waals surface area contributed by atoms with Crippen molar-refractivity contribution in [3.05, 3.63) is 24.2 Å². The van der Waals surface area contributed by atoms with E-state index in [0.29, 0.717) is 13.0 Å². The predicted octanol–water partition coefficient (Wildman–Crippen LogP) is 0.852.